The average Bonchev–Trinajstić information content (AvgIpc) is 3.01. The highest BCUT2D eigenvalue weighted by Crippen LogP contribution is 2.18. The minimum absolute atomic E-state index is 0.154. The molecule has 0 saturated heterocycles. The van der Waals surface area contributed by atoms with Crippen molar-refractivity contribution in [2.45, 2.75) is 13.5 Å². The molecule has 0 spiro atoms. The number of aryl methyl sites for hydroxylation is 1. The number of aromatic nitrogens is 3. The largest absolute Gasteiger partial charge is 0.348 e. The molecule has 0 fully saturated rings. The second kappa shape index (κ2) is 7.31. The quantitative estimate of drug-likeness (QED) is 0.613. The van der Waals surface area contributed by atoms with Crippen molar-refractivity contribution >= 4 is 40.1 Å². The van der Waals surface area contributed by atoms with Gasteiger partial charge in [0, 0.05) is 33.7 Å². The van der Waals surface area contributed by atoms with Crippen LogP contribution in [0.4, 0.5) is 0 Å². The lowest BCUT2D eigenvalue weighted by molar-refractivity contribution is 0.0950. The third kappa shape index (κ3) is 3.76. The molecule has 0 aliphatic heterocycles. The first-order chi connectivity index (χ1) is 11.5. The maximum Gasteiger partial charge on any atom is 0.252 e. The molecule has 7 heteroatoms. The standard InChI is InChI=1S/C17H14ClIN4O/c1-11-20-6-7-23(11)16-8-12(4-5-21-16)10-22-17(24)14-9-13(18)2-3-15(14)19/h2-9H,10H2,1H3,(H,22,24). The van der Waals surface area contributed by atoms with Crippen LogP contribution >= 0.6 is 34.2 Å². The van der Waals surface area contributed by atoms with E-state index in [2.05, 4.69) is 37.9 Å². The monoisotopic (exact) mass is 452 g/mol. The Morgan fingerprint density at radius 1 is 1.25 bits per heavy atom. The highest BCUT2D eigenvalue weighted by molar-refractivity contribution is 14.1. The number of nitrogens with zero attached hydrogens (tertiary/aromatic N) is 3. The summed E-state index contributed by atoms with van der Waals surface area (Å²) in [5.41, 5.74) is 1.53. The Balaban J connectivity index is 1.74. The highest BCUT2D eigenvalue weighted by atomic mass is 127. The van der Waals surface area contributed by atoms with Gasteiger partial charge in [0.2, 0.25) is 0 Å². The van der Waals surface area contributed by atoms with Gasteiger partial charge in [0.05, 0.1) is 5.56 Å². The van der Waals surface area contributed by atoms with Crippen LogP contribution in [0, 0.1) is 10.5 Å². The van der Waals surface area contributed by atoms with Gasteiger partial charge >= 0.3 is 0 Å². The fourth-order valence-corrected chi connectivity index (χ4v) is 3.02. The molecule has 0 atom stereocenters. The molecule has 1 amide bonds. The molecule has 0 unspecified atom stereocenters. The van der Waals surface area contributed by atoms with Crippen molar-refractivity contribution in [3.63, 3.8) is 0 Å². The zero-order chi connectivity index (χ0) is 17.1. The molecule has 2 heterocycles. The van der Waals surface area contributed by atoms with Crippen LogP contribution in [0.15, 0.2) is 48.9 Å². The smallest absolute Gasteiger partial charge is 0.252 e. The maximum absolute atomic E-state index is 12.4. The molecule has 122 valence electrons. The van der Waals surface area contributed by atoms with E-state index in [9.17, 15) is 4.79 Å². The van der Waals surface area contributed by atoms with Crippen LogP contribution < -0.4 is 5.32 Å². The summed E-state index contributed by atoms with van der Waals surface area (Å²) in [5.74, 6) is 1.48. The zero-order valence-corrected chi connectivity index (χ0v) is 15.7. The van der Waals surface area contributed by atoms with Crippen molar-refractivity contribution in [1.82, 2.24) is 19.9 Å². The second-order valence-electron chi connectivity index (χ2n) is 5.17. The van der Waals surface area contributed by atoms with Gasteiger partial charge in [-0.2, -0.15) is 0 Å². The third-order valence-corrected chi connectivity index (χ3v) is 4.68. The Labute approximate surface area is 158 Å². The molecular weight excluding hydrogens is 439 g/mol. The third-order valence-electron chi connectivity index (χ3n) is 3.51. The molecule has 0 bridgehead atoms. The molecule has 1 N–H and O–H groups in total. The van der Waals surface area contributed by atoms with Crippen molar-refractivity contribution in [1.29, 1.82) is 0 Å². The highest BCUT2D eigenvalue weighted by Gasteiger charge is 2.11. The van der Waals surface area contributed by atoms with Gasteiger partial charge in [-0.05, 0) is 65.4 Å². The first-order valence-corrected chi connectivity index (χ1v) is 8.69. The topological polar surface area (TPSA) is 59.8 Å². The van der Waals surface area contributed by atoms with Crippen molar-refractivity contribution in [2.75, 3.05) is 0 Å². The molecule has 1 aromatic carbocycles. The number of hydrogen-bond donors (Lipinski definition) is 1. The molecule has 0 saturated carbocycles. The van der Waals surface area contributed by atoms with E-state index in [1.807, 2.05) is 35.9 Å². The van der Waals surface area contributed by atoms with E-state index in [0.29, 0.717) is 17.1 Å². The summed E-state index contributed by atoms with van der Waals surface area (Å²) in [5, 5.41) is 3.46. The van der Waals surface area contributed by atoms with Gasteiger partial charge in [0.1, 0.15) is 11.6 Å². The number of nitrogens with one attached hydrogen (secondary N) is 1. The van der Waals surface area contributed by atoms with E-state index in [1.54, 1.807) is 24.5 Å². The van der Waals surface area contributed by atoms with E-state index in [4.69, 9.17) is 11.6 Å². The van der Waals surface area contributed by atoms with E-state index in [0.717, 1.165) is 20.8 Å². The minimum atomic E-state index is -0.154. The molecule has 3 rings (SSSR count). The lowest BCUT2D eigenvalue weighted by atomic mass is 10.2. The lowest BCUT2D eigenvalue weighted by Gasteiger charge is -2.09. The number of halogens is 2. The van der Waals surface area contributed by atoms with Gasteiger partial charge in [-0.25, -0.2) is 9.97 Å². The summed E-state index contributed by atoms with van der Waals surface area (Å²) in [6.45, 7) is 2.32. The SMILES string of the molecule is Cc1nccn1-c1cc(CNC(=O)c2cc(Cl)ccc2I)ccn1. The summed E-state index contributed by atoms with van der Waals surface area (Å²) < 4.78 is 2.75. The van der Waals surface area contributed by atoms with Gasteiger partial charge in [-0.3, -0.25) is 9.36 Å². The number of benzene rings is 1. The molecule has 0 aliphatic carbocycles. The van der Waals surface area contributed by atoms with Crippen molar-refractivity contribution in [2.24, 2.45) is 0 Å². The Hall–Kier alpha value is -1.93. The molecule has 24 heavy (non-hydrogen) atoms. The second-order valence-corrected chi connectivity index (χ2v) is 6.77. The van der Waals surface area contributed by atoms with Gasteiger partial charge in [-0.1, -0.05) is 11.6 Å². The lowest BCUT2D eigenvalue weighted by Crippen LogP contribution is -2.23. The Morgan fingerprint density at radius 3 is 2.83 bits per heavy atom. The number of carbonyl (C=O) groups is 1. The zero-order valence-electron chi connectivity index (χ0n) is 12.8. The van der Waals surface area contributed by atoms with Crippen LogP contribution in [0.25, 0.3) is 5.82 Å². The molecule has 5 nitrogen and oxygen atoms in total. The van der Waals surface area contributed by atoms with Gasteiger partial charge < -0.3 is 5.32 Å². The average molecular weight is 453 g/mol. The van der Waals surface area contributed by atoms with Crippen molar-refractivity contribution in [3.8, 4) is 5.82 Å². The van der Waals surface area contributed by atoms with Gasteiger partial charge in [0.25, 0.3) is 5.91 Å². The Kier molecular flexibility index (Phi) is 5.15. The molecule has 0 aliphatic rings. The number of imidazole rings is 1. The molecule has 0 radical (unpaired) electrons. The molecular formula is C17H14ClIN4O. The van der Waals surface area contributed by atoms with Crippen molar-refractivity contribution in [3.05, 3.63) is 74.5 Å². The van der Waals surface area contributed by atoms with Crippen LogP contribution in [-0.4, -0.2) is 20.4 Å². The number of carbonyl (C=O) groups excluding carboxylic acids is 1. The summed E-state index contributed by atoms with van der Waals surface area (Å²) in [4.78, 5) is 20.9. The van der Waals surface area contributed by atoms with E-state index in [-0.39, 0.29) is 5.91 Å². The fourth-order valence-electron chi connectivity index (χ4n) is 2.27. The summed E-state index contributed by atoms with van der Waals surface area (Å²) in [6.07, 6.45) is 5.31. The fraction of sp³-hybridized carbons (Fsp3) is 0.118. The minimum Gasteiger partial charge on any atom is -0.348 e. The Bertz CT molecular complexity index is 894. The normalized spacial score (nSPS) is 10.6. The van der Waals surface area contributed by atoms with Gasteiger partial charge in [0.15, 0.2) is 0 Å². The first kappa shape index (κ1) is 16.9. The van der Waals surface area contributed by atoms with Crippen LogP contribution in [0.3, 0.4) is 0 Å². The summed E-state index contributed by atoms with van der Waals surface area (Å²) in [7, 11) is 0. The van der Waals surface area contributed by atoms with Crippen LogP contribution in [-0.2, 0) is 6.54 Å². The maximum atomic E-state index is 12.4. The molecule has 3 aromatic rings. The number of hydrogen-bond acceptors (Lipinski definition) is 3. The predicted molar refractivity (Wildman–Crippen MR) is 101 cm³/mol. The number of pyridine rings is 1. The van der Waals surface area contributed by atoms with Crippen molar-refractivity contribution < 1.29 is 4.79 Å². The van der Waals surface area contributed by atoms with E-state index >= 15 is 0 Å². The Morgan fingerprint density at radius 2 is 2.08 bits per heavy atom. The van der Waals surface area contributed by atoms with Crippen LogP contribution in [0.5, 0.6) is 0 Å². The molecule has 2 aromatic heterocycles. The summed E-state index contributed by atoms with van der Waals surface area (Å²) in [6, 6.07) is 9.06. The number of amides is 1. The van der Waals surface area contributed by atoms with Gasteiger partial charge in [-0.15, -0.1) is 0 Å². The number of rotatable bonds is 4. The van der Waals surface area contributed by atoms with E-state index < -0.39 is 0 Å². The predicted octanol–water partition coefficient (Wildman–Crippen LogP) is 3.76. The van der Waals surface area contributed by atoms with E-state index in [1.165, 1.54) is 0 Å². The summed E-state index contributed by atoms with van der Waals surface area (Å²) >= 11 is 8.09. The van der Waals surface area contributed by atoms with Crippen LogP contribution in [0.2, 0.25) is 5.02 Å². The first-order valence-electron chi connectivity index (χ1n) is 7.23. The van der Waals surface area contributed by atoms with Crippen LogP contribution in [0.1, 0.15) is 21.7 Å².